The minimum atomic E-state index is -0.108. The quantitative estimate of drug-likeness (QED) is 0.816. The molecule has 18 heavy (non-hydrogen) atoms. The van der Waals surface area contributed by atoms with Gasteiger partial charge in [-0.25, -0.2) is 0 Å². The first-order chi connectivity index (χ1) is 8.58. The summed E-state index contributed by atoms with van der Waals surface area (Å²) in [5, 5.41) is 20.0. The van der Waals surface area contributed by atoms with E-state index < -0.39 is 0 Å². The largest absolute Gasteiger partial charge is 0.360 e. The summed E-state index contributed by atoms with van der Waals surface area (Å²) in [6.45, 7) is 0. The predicted octanol–water partition coefficient (Wildman–Crippen LogP) is 1.73. The van der Waals surface area contributed by atoms with Gasteiger partial charge < -0.3 is 10.2 Å². The maximum Gasteiger partial charge on any atom is 0.253 e. The van der Waals surface area contributed by atoms with E-state index >= 15 is 0 Å². The van der Waals surface area contributed by atoms with Crippen molar-refractivity contribution in [1.29, 1.82) is 10.5 Å². The predicted molar refractivity (Wildman–Crippen MR) is 67.4 cm³/mol. The third-order valence-electron chi connectivity index (χ3n) is 2.14. The summed E-state index contributed by atoms with van der Waals surface area (Å²) < 4.78 is 0. The van der Waals surface area contributed by atoms with Gasteiger partial charge in [0, 0.05) is 31.5 Å². The molecule has 0 bridgehead atoms. The van der Waals surface area contributed by atoms with Crippen LogP contribution < -0.4 is 5.32 Å². The molecule has 1 amide bonds. The number of hydrogen-bond acceptors (Lipinski definition) is 4. The van der Waals surface area contributed by atoms with E-state index in [0.29, 0.717) is 11.3 Å². The minimum Gasteiger partial charge on any atom is -0.360 e. The molecule has 0 saturated heterocycles. The molecular formula is C13H12N4O. The molecule has 1 aromatic rings. The van der Waals surface area contributed by atoms with E-state index in [4.69, 9.17) is 10.5 Å². The molecule has 0 aliphatic carbocycles. The number of nitriles is 2. The topological polar surface area (TPSA) is 79.9 Å². The van der Waals surface area contributed by atoms with Crippen LogP contribution in [0.15, 0.2) is 36.0 Å². The van der Waals surface area contributed by atoms with Crippen molar-refractivity contribution in [1.82, 2.24) is 4.90 Å². The molecule has 1 aromatic carbocycles. The highest BCUT2D eigenvalue weighted by atomic mass is 16.2. The molecule has 0 aliphatic rings. The van der Waals surface area contributed by atoms with Gasteiger partial charge in [0.2, 0.25) is 0 Å². The number of nitrogens with one attached hydrogen (secondary N) is 1. The van der Waals surface area contributed by atoms with Gasteiger partial charge >= 0.3 is 0 Å². The highest BCUT2D eigenvalue weighted by molar-refractivity contribution is 5.94. The van der Waals surface area contributed by atoms with E-state index in [9.17, 15) is 4.79 Å². The number of hydrogen-bond donors (Lipinski definition) is 1. The summed E-state index contributed by atoms with van der Waals surface area (Å²) in [7, 11) is 3.34. The van der Waals surface area contributed by atoms with Gasteiger partial charge in [-0.1, -0.05) is 6.07 Å². The molecule has 90 valence electrons. The summed E-state index contributed by atoms with van der Waals surface area (Å²) >= 11 is 0. The number of anilines is 1. The molecule has 0 heterocycles. The normalized spacial score (nSPS) is 8.67. The molecule has 1 rings (SSSR count). The Morgan fingerprint density at radius 1 is 1.33 bits per heavy atom. The number of benzene rings is 1. The standard InChI is InChI=1S/C13H12N4O/c1-17(2)13(18)11-4-3-5-12(6-11)16-9-10(7-14)8-15/h3-6,9,16H,1-2H3. The van der Waals surface area contributed by atoms with Gasteiger partial charge in [0.15, 0.2) is 0 Å². The van der Waals surface area contributed by atoms with Crippen LogP contribution in [0.2, 0.25) is 0 Å². The third kappa shape index (κ3) is 3.36. The first-order valence-electron chi connectivity index (χ1n) is 5.17. The molecule has 5 nitrogen and oxygen atoms in total. The Kier molecular flexibility index (Phi) is 4.48. The van der Waals surface area contributed by atoms with Crippen LogP contribution in [-0.2, 0) is 0 Å². The zero-order valence-corrected chi connectivity index (χ0v) is 10.1. The van der Waals surface area contributed by atoms with Crippen molar-refractivity contribution in [2.45, 2.75) is 0 Å². The van der Waals surface area contributed by atoms with Crippen molar-refractivity contribution >= 4 is 11.6 Å². The van der Waals surface area contributed by atoms with Gasteiger partial charge in [-0.05, 0) is 18.2 Å². The van der Waals surface area contributed by atoms with E-state index in [2.05, 4.69) is 5.32 Å². The van der Waals surface area contributed by atoms with Crippen LogP contribution in [0.3, 0.4) is 0 Å². The highest BCUT2D eigenvalue weighted by Gasteiger charge is 2.07. The first-order valence-corrected chi connectivity index (χ1v) is 5.17. The van der Waals surface area contributed by atoms with Crippen molar-refractivity contribution < 1.29 is 4.79 Å². The number of carbonyl (C=O) groups is 1. The van der Waals surface area contributed by atoms with E-state index in [1.165, 1.54) is 11.1 Å². The maximum atomic E-state index is 11.7. The lowest BCUT2D eigenvalue weighted by Crippen LogP contribution is -2.21. The number of rotatable bonds is 3. The summed E-state index contributed by atoms with van der Waals surface area (Å²) in [5.74, 6) is -0.108. The van der Waals surface area contributed by atoms with Gasteiger partial charge in [0.1, 0.15) is 17.7 Å². The number of allylic oxidation sites excluding steroid dienone is 1. The lowest BCUT2D eigenvalue weighted by molar-refractivity contribution is 0.0827. The van der Waals surface area contributed by atoms with E-state index in [1.807, 2.05) is 0 Å². The van der Waals surface area contributed by atoms with Crippen LogP contribution in [0.4, 0.5) is 5.69 Å². The fourth-order valence-electron chi connectivity index (χ4n) is 1.25. The van der Waals surface area contributed by atoms with Crippen LogP contribution in [0.25, 0.3) is 0 Å². The molecule has 5 heteroatoms. The summed E-state index contributed by atoms with van der Waals surface area (Å²) in [6, 6.07) is 10.3. The summed E-state index contributed by atoms with van der Waals surface area (Å²) in [5.41, 5.74) is 1.15. The highest BCUT2D eigenvalue weighted by Crippen LogP contribution is 2.12. The fourth-order valence-corrected chi connectivity index (χ4v) is 1.25. The second-order valence-electron chi connectivity index (χ2n) is 3.71. The monoisotopic (exact) mass is 240 g/mol. The SMILES string of the molecule is CN(C)C(=O)c1cccc(NC=C(C#N)C#N)c1. The third-order valence-corrected chi connectivity index (χ3v) is 2.14. The number of carbonyl (C=O) groups excluding carboxylic acids is 1. The Bertz CT molecular complexity index is 545. The number of nitrogens with zero attached hydrogens (tertiary/aromatic N) is 3. The molecule has 0 radical (unpaired) electrons. The van der Waals surface area contributed by atoms with Gasteiger partial charge in [-0.3, -0.25) is 4.79 Å². The van der Waals surface area contributed by atoms with Gasteiger partial charge in [0.25, 0.3) is 5.91 Å². The molecule has 0 fully saturated rings. The second-order valence-corrected chi connectivity index (χ2v) is 3.71. The van der Waals surface area contributed by atoms with E-state index in [1.54, 1.807) is 50.5 Å². The summed E-state index contributed by atoms with van der Waals surface area (Å²) in [4.78, 5) is 13.2. The van der Waals surface area contributed by atoms with Crippen molar-refractivity contribution in [2.75, 3.05) is 19.4 Å². The lowest BCUT2D eigenvalue weighted by Gasteiger charge is -2.11. The van der Waals surface area contributed by atoms with E-state index in [-0.39, 0.29) is 11.5 Å². The Hall–Kier alpha value is -2.79. The van der Waals surface area contributed by atoms with Crippen LogP contribution in [0, 0.1) is 22.7 Å². The van der Waals surface area contributed by atoms with Crippen LogP contribution in [-0.4, -0.2) is 24.9 Å². The maximum absolute atomic E-state index is 11.7. The average Bonchev–Trinajstić information content (AvgIpc) is 2.39. The zero-order valence-electron chi connectivity index (χ0n) is 10.1. The minimum absolute atomic E-state index is 0.0284. The molecule has 0 aliphatic heterocycles. The molecule has 0 saturated carbocycles. The zero-order chi connectivity index (χ0) is 13.5. The number of amides is 1. The Morgan fingerprint density at radius 2 is 2.00 bits per heavy atom. The van der Waals surface area contributed by atoms with Crippen molar-refractivity contribution in [3.05, 3.63) is 41.6 Å². The Labute approximate surface area is 106 Å². The first kappa shape index (κ1) is 13.3. The van der Waals surface area contributed by atoms with Crippen molar-refractivity contribution in [2.24, 2.45) is 0 Å². The van der Waals surface area contributed by atoms with Crippen molar-refractivity contribution in [3.8, 4) is 12.1 Å². The second kappa shape index (κ2) is 6.07. The average molecular weight is 240 g/mol. The van der Waals surface area contributed by atoms with Gasteiger partial charge in [-0.15, -0.1) is 0 Å². The van der Waals surface area contributed by atoms with Gasteiger partial charge in [-0.2, -0.15) is 10.5 Å². The fraction of sp³-hybridized carbons (Fsp3) is 0.154. The molecule has 0 atom stereocenters. The van der Waals surface area contributed by atoms with Crippen LogP contribution in [0.1, 0.15) is 10.4 Å². The lowest BCUT2D eigenvalue weighted by atomic mass is 10.2. The van der Waals surface area contributed by atoms with E-state index in [0.717, 1.165) is 0 Å². The van der Waals surface area contributed by atoms with Crippen LogP contribution in [0.5, 0.6) is 0 Å². The molecular weight excluding hydrogens is 228 g/mol. The Morgan fingerprint density at radius 3 is 2.56 bits per heavy atom. The smallest absolute Gasteiger partial charge is 0.253 e. The molecule has 0 spiro atoms. The molecule has 0 aromatic heterocycles. The molecule has 0 unspecified atom stereocenters. The molecule has 1 N–H and O–H groups in total. The summed E-state index contributed by atoms with van der Waals surface area (Å²) in [6.07, 6.45) is 1.30. The van der Waals surface area contributed by atoms with Crippen LogP contribution >= 0.6 is 0 Å². The Balaban J connectivity index is 2.91. The van der Waals surface area contributed by atoms with Gasteiger partial charge in [0.05, 0.1) is 0 Å². The van der Waals surface area contributed by atoms with Crippen molar-refractivity contribution in [3.63, 3.8) is 0 Å².